The lowest BCUT2D eigenvalue weighted by molar-refractivity contribution is -0.160. The number of hydrogen-bond acceptors (Lipinski definition) is 5. The fraction of sp³-hybridized carbons (Fsp3) is 0.857. The van der Waals surface area contributed by atoms with Gasteiger partial charge >= 0.3 is 5.97 Å². The topological polar surface area (TPSA) is 60.2 Å². The molecule has 66 valence electrons. The molecule has 0 radical (unpaired) electrons. The molecule has 5 heteroatoms. The molecule has 5 nitrogen and oxygen atoms in total. The maximum Gasteiger partial charge on any atom is 0.316 e. The molecule has 0 aromatic rings. The third-order valence-electron chi connectivity index (χ3n) is 2.29. The second-order valence-electron chi connectivity index (χ2n) is 3.03. The van der Waals surface area contributed by atoms with Crippen molar-refractivity contribution in [2.45, 2.75) is 25.3 Å². The first-order valence-electron chi connectivity index (χ1n) is 3.87. The van der Waals surface area contributed by atoms with E-state index >= 15 is 0 Å². The molecule has 2 aliphatic heterocycles. The van der Waals surface area contributed by atoms with Gasteiger partial charge in [-0.2, -0.15) is 10.2 Å². The predicted octanol–water partition coefficient (Wildman–Crippen LogP) is 0.355. The lowest BCUT2D eigenvalue weighted by atomic mass is 9.97. The number of methoxy groups -OCH3 is 1. The first-order valence-corrected chi connectivity index (χ1v) is 3.87. The number of carbonyl (C=O) groups excluding carboxylic acids is 1. The van der Waals surface area contributed by atoms with E-state index in [4.69, 9.17) is 9.47 Å². The Morgan fingerprint density at radius 3 is 2.92 bits per heavy atom. The van der Waals surface area contributed by atoms with E-state index in [-0.39, 0.29) is 24.0 Å². The van der Waals surface area contributed by atoms with Crippen LogP contribution in [0.15, 0.2) is 10.2 Å². The first-order chi connectivity index (χ1) is 5.74. The first kappa shape index (κ1) is 7.67. The number of hydrogen-bond donors (Lipinski definition) is 0. The van der Waals surface area contributed by atoms with Gasteiger partial charge in [-0.25, -0.2) is 0 Å². The van der Waals surface area contributed by atoms with Gasteiger partial charge in [0.25, 0.3) is 0 Å². The molecule has 2 rings (SSSR count). The number of rotatable bonds is 1. The molecule has 12 heavy (non-hydrogen) atoms. The van der Waals surface area contributed by atoms with Gasteiger partial charge in [-0.15, -0.1) is 0 Å². The van der Waals surface area contributed by atoms with Crippen molar-refractivity contribution in [3.63, 3.8) is 0 Å². The highest BCUT2D eigenvalue weighted by molar-refractivity contribution is 5.77. The molecular formula is C7H10N2O3. The van der Waals surface area contributed by atoms with Crippen molar-refractivity contribution >= 4 is 5.97 Å². The van der Waals surface area contributed by atoms with Crippen molar-refractivity contribution in [3.8, 4) is 0 Å². The Kier molecular flexibility index (Phi) is 1.61. The molecule has 0 aromatic heterocycles. The zero-order chi connectivity index (χ0) is 8.72. The van der Waals surface area contributed by atoms with E-state index in [9.17, 15) is 4.79 Å². The van der Waals surface area contributed by atoms with Crippen LogP contribution in [0.3, 0.4) is 0 Å². The molecule has 0 N–H and O–H groups in total. The van der Waals surface area contributed by atoms with Crippen LogP contribution in [0.4, 0.5) is 0 Å². The van der Waals surface area contributed by atoms with E-state index in [1.54, 1.807) is 0 Å². The fourth-order valence-corrected chi connectivity index (χ4v) is 1.62. The van der Waals surface area contributed by atoms with Crippen LogP contribution in [0.1, 0.15) is 6.92 Å². The predicted molar refractivity (Wildman–Crippen MR) is 38.5 cm³/mol. The molecule has 0 amide bonds. The number of carbonyl (C=O) groups is 1. The average Bonchev–Trinajstić information content (AvgIpc) is 2.55. The van der Waals surface area contributed by atoms with Gasteiger partial charge < -0.3 is 9.47 Å². The van der Waals surface area contributed by atoms with Crippen LogP contribution in [0, 0.1) is 5.92 Å². The molecular weight excluding hydrogens is 160 g/mol. The van der Waals surface area contributed by atoms with E-state index in [1.165, 1.54) is 7.11 Å². The maximum absolute atomic E-state index is 11.2. The average molecular weight is 170 g/mol. The lowest BCUT2D eigenvalue weighted by Crippen LogP contribution is -2.27. The number of esters is 1. The highest BCUT2D eigenvalue weighted by Gasteiger charge is 2.51. The summed E-state index contributed by atoms with van der Waals surface area (Å²) in [6.07, 6.45) is -0.531. The summed E-state index contributed by atoms with van der Waals surface area (Å²) in [7, 11) is 1.50. The molecule has 0 saturated carbocycles. The van der Waals surface area contributed by atoms with Crippen molar-refractivity contribution < 1.29 is 14.3 Å². The number of azo groups is 1. The van der Waals surface area contributed by atoms with Crippen molar-refractivity contribution in [2.75, 3.05) is 7.11 Å². The number of nitrogens with zero attached hydrogens (tertiary/aromatic N) is 2. The Bertz CT molecular complexity index is 241. The van der Waals surface area contributed by atoms with Crippen LogP contribution in [-0.2, 0) is 14.3 Å². The molecule has 0 aromatic carbocycles. The van der Waals surface area contributed by atoms with Gasteiger partial charge in [-0.1, -0.05) is 0 Å². The molecule has 4 atom stereocenters. The summed E-state index contributed by atoms with van der Waals surface area (Å²) < 4.78 is 9.88. The summed E-state index contributed by atoms with van der Waals surface area (Å²) in [6, 6.07) is -0.292. The molecule has 0 unspecified atom stereocenters. The molecule has 0 aliphatic carbocycles. The van der Waals surface area contributed by atoms with Crippen molar-refractivity contribution in [3.05, 3.63) is 0 Å². The Hall–Kier alpha value is -0.970. The smallest absolute Gasteiger partial charge is 0.316 e. The second kappa shape index (κ2) is 2.52. The fourth-order valence-electron chi connectivity index (χ4n) is 1.62. The third-order valence-corrected chi connectivity index (χ3v) is 2.29. The summed E-state index contributed by atoms with van der Waals surface area (Å²) >= 11 is 0. The van der Waals surface area contributed by atoms with E-state index in [2.05, 4.69) is 10.2 Å². The van der Waals surface area contributed by atoms with E-state index in [0.717, 1.165) is 0 Å². The zero-order valence-corrected chi connectivity index (χ0v) is 6.93. The Morgan fingerprint density at radius 1 is 1.50 bits per heavy atom. The molecule has 2 aliphatic rings. The summed E-state index contributed by atoms with van der Waals surface area (Å²) in [5, 5.41) is 7.85. The Labute approximate surface area is 69.8 Å². The SMILES string of the molecule is CO[C@@H]1OC(=O)[C@@H]2[C@H]1N=N[C@H]2C. The van der Waals surface area contributed by atoms with Crippen LogP contribution in [0.5, 0.6) is 0 Å². The second-order valence-corrected chi connectivity index (χ2v) is 3.03. The molecule has 0 bridgehead atoms. The van der Waals surface area contributed by atoms with Crippen LogP contribution in [0.2, 0.25) is 0 Å². The third kappa shape index (κ3) is 0.859. The number of fused-ring (bicyclic) bond motifs is 1. The van der Waals surface area contributed by atoms with Crippen LogP contribution in [-0.4, -0.2) is 31.5 Å². The van der Waals surface area contributed by atoms with Crippen LogP contribution >= 0.6 is 0 Å². The molecule has 1 saturated heterocycles. The van der Waals surface area contributed by atoms with E-state index in [0.29, 0.717) is 0 Å². The minimum atomic E-state index is -0.531. The summed E-state index contributed by atoms with van der Waals surface area (Å²) in [6.45, 7) is 1.85. The quantitative estimate of drug-likeness (QED) is 0.533. The zero-order valence-electron chi connectivity index (χ0n) is 6.93. The monoisotopic (exact) mass is 170 g/mol. The van der Waals surface area contributed by atoms with Gasteiger partial charge in [-0.05, 0) is 6.92 Å². The van der Waals surface area contributed by atoms with Crippen molar-refractivity contribution in [2.24, 2.45) is 16.1 Å². The minimum absolute atomic E-state index is 0.0670. The largest absolute Gasteiger partial charge is 0.433 e. The van der Waals surface area contributed by atoms with Crippen LogP contribution < -0.4 is 0 Å². The van der Waals surface area contributed by atoms with Gasteiger partial charge in [0.2, 0.25) is 6.29 Å². The van der Waals surface area contributed by atoms with E-state index in [1.807, 2.05) is 6.92 Å². The van der Waals surface area contributed by atoms with Gasteiger partial charge in [0, 0.05) is 7.11 Å². The summed E-state index contributed by atoms with van der Waals surface area (Å²) in [5.41, 5.74) is 0. The van der Waals surface area contributed by atoms with Crippen LogP contribution in [0.25, 0.3) is 0 Å². The number of cyclic esters (lactones) is 1. The summed E-state index contributed by atoms with van der Waals surface area (Å²) in [4.78, 5) is 11.2. The normalized spacial score (nSPS) is 44.7. The van der Waals surface area contributed by atoms with Gasteiger partial charge in [0.15, 0.2) is 0 Å². The van der Waals surface area contributed by atoms with Gasteiger partial charge in [-0.3, -0.25) is 4.79 Å². The highest BCUT2D eigenvalue weighted by atomic mass is 16.7. The lowest BCUT2D eigenvalue weighted by Gasteiger charge is -2.09. The standard InChI is InChI=1S/C7H10N2O3/c1-3-4-5(9-8-3)7(11-2)12-6(4)10/h3-5,7H,1-2H3/t3-,4-,5+,7+/m0/s1. The maximum atomic E-state index is 11.2. The molecule has 2 heterocycles. The van der Waals surface area contributed by atoms with Gasteiger partial charge in [0.1, 0.15) is 12.0 Å². The Morgan fingerprint density at radius 2 is 2.25 bits per heavy atom. The summed E-state index contributed by atoms with van der Waals surface area (Å²) in [5.74, 6) is -0.473. The minimum Gasteiger partial charge on any atom is -0.433 e. The van der Waals surface area contributed by atoms with Crippen molar-refractivity contribution in [1.82, 2.24) is 0 Å². The molecule has 1 fully saturated rings. The highest BCUT2D eigenvalue weighted by Crippen LogP contribution is 2.34. The molecule has 0 spiro atoms. The Balaban J connectivity index is 2.22. The number of ether oxygens (including phenoxy) is 2. The van der Waals surface area contributed by atoms with Gasteiger partial charge in [0.05, 0.1) is 6.04 Å². The van der Waals surface area contributed by atoms with Crippen molar-refractivity contribution in [1.29, 1.82) is 0 Å². The van der Waals surface area contributed by atoms with E-state index < -0.39 is 6.29 Å².